The van der Waals surface area contributed by atoms with E-state index in [1.165, 1.54) is 0 Å². The number of nitrogens with two attached hydrogens (primary N) is 1. The van der Waals surface area contributed by atoms with Gasteiger partial charge in [-0.3, -0.25) is 9.48 Å². The van der Waals surface area contributed by atoms with Crippen molar-refractivity contribution < 1.29 is 4.79 Å². The van der Waals surface area contributed by atoms with E-state index in [1.54, 1.807) is 10.9 Å². The molecule has 1 aromatic heterocycles. The Hall–Kier alpha value is -1.16. The van der Waals surface area contributed by atoms with E-state index in [9.17, 15) is 4.79 Å². The molecule has 0 saturated carbocycles. The fourth-order valence-electron chi connectivity index (χ4n) is 1.28. The highest BCUT2D eigenvalue weighted by molar-refractivity contribution is 5.81. The Labute approximate surface area is 84.1 Å². The van der Waals surface area contributed by atoms with Crippen LogP contribution in [0, 0.1) is 5.92 Å². The van der Waals surface area contributed by atoms with Crippen molar-refractivity contribution in [3.63, 3.8) is 0 Å². The molecule has 0 amide bonds. The SMILES string of the molecule is CC(CN)C(=O)CCc1ccnn1C. The van der Waals surface area contributed by atoms with Crippen molar-refractivity contribution in [2.24, 2.45) is 18.7 Å². The first-order valence-corrected chi connectivity index (χ1v) is 4.84. The lowest BCUT2D eigenvalue weighted by atomic mass is 10.0. The number of ketones is 1. The average Bonchev–Trinajstić information content (AvgIpc) is 2.59. The molecule has 0 saturated heterocycles. The largest absolute Gasteiger partial charge is 0.330 e. The highest BCUT2D eigenvalue weighted by Gasteiger charge is 2.11. The molecule has 1 unspecified atom stereocenters. The molecule has 0 aliphatic heterocycles. The third kappa shape index (κ3) is 2.67. The zero-order valence-electron chi connectivity index (χ0n) is 8.73. The van der Waals surface area contributed by atoms with Gasteiger partial charge in [-0.15, -0.1) is 0 Å². The van der Waals surface area contributed by atoms with Gasteiger partial charge in [-0.25, -0.2) is 0 Å². The van der Waals surface area contributed by atoms with Crippen molar-refractivity contribution in [1.29, 1.82) is 0 Å². The number of nitrogens with zero attached hydrogens (tertiary/aromatic N) is 2. The summed E-state index contributed by atoms with van der Waals surface area (Å²) in [6, 6.07) is 1.93. The Balaban J connectivity index is 2.41. The standard InChI is InChI=1S/C10H17N3O/c1-8(7-11)10(14)4-3-9-5-6-12-13(9)2/h5-6,8H,3-4,7,11H2,1-2H3. The van der Waals surface area contributed by atoms with Crippen molar-refractivity contribution in [1.82, 2.24) is 9.78 Å². The van der Waals surface area contributed by atoms with Crippen LogP contribution in [0.5, 0.6) is 0 Å². The summed E-state index contributed by atoms with van der Waals surface area (Å²) in [5, 5.41) is 4.04. The van der Waals surface area contributed by atoms with Crippen molar-refractivity contribution >= 4 is 5.78 Å². The van der Waals surface area contributed by atoms with E-state index in [1.807, 2.05) is 20.0 Å². The molecule has 4 heteroatoms. The van der Waals surface area contributed by atoms with Crippen molar-refractivity contribution in [2.75, 3.05) is 6.54 Å². The maximum absolute atomic E-state index is 11.5. The smallest absolute Gasteiger partial charge is 0.137 e. The van der Waals surface area contributed by atoms with Crippen LogP contribution in [0.25, 0.3) is 0 Å². The summed E-state index contributed by atoms with van der Waals surface area (Å²) in [6.07, 6.45) is 3.05. The summed E-state index contributed by atoms with van der Waals surface area (Å²) in [5.41, 5.74) is 6.50. The van der Waals surface area contributed by atoms with Crippen molar-refractivity contribution in [3.05, 3.63) is 18.0 Å². The zero-order valence-corrected chi connectivity index (χ0v) is 8.73. The van der Waals surface area contributed by atoms with Gasteiger partial charge in [-0.05, 0) is 12.5 Å². The van der Waals surface area contributed by atoms with Gasteiger partial charge in [0.2, 0.25) is 0 Å². The molecule has 0 aromatic carbocycles. The normalized spacial score (nSPS) is 12.8. The molecule has 0 aliphatic rings. The Kier molecular flexibility index (Phi) is 3.83. The molecule has 2 N–H and O–H groups in total. The van der Waals surface area contributed by atoms with E-state index in [2.05, 4.69) is 5.10 Å². The number of hydrogen-bond acceptors (Lipinski definition) is 3. The monoisotopic (exact) mass is 195 g/mol. The van der Waals surface area contributed by atoms with E-state index in [0.717, 1.165) is 12.1 Å². The molecule has 1 atom stereocenters. The molecule has 1 aromatic rings. The number of aromatic nitrogens is 2. The zero-order chi connectivity index (χ0) is 10.6. The number of carbonyl (C=O) groups excluding carboxylic acids is 1. The van der Waals surface area contributed by atoms with Crippen LogP contribution in [-0.2, 0) is 18.3 Å². The maximum Gasteiger partial charge on any atom is 0.137 e. The fourth-order valence-corrected chi connectivity index (χ4v) is 1.28. The quantitative estimate of drug-likeness (QED) is 0.745. The predicted octanol–water partition coefficient (Wildman–Crippen LogP) is 0.517. The van der Waals surface area contributed by atoms with Gasteiger partial charge in [0.15, 0.2) is 0 Å². The van der Waals surface area contributed by atoms with Gasteiger partial charge in [0.1, 0.15) is 5.78 Å². The molecule has 78 valence electrons. The number of carbonyl (C=O) groups is 1. The summed E-state index contributed by atoms with van der Waals surface area (Å²) in [6.45, 7) is 2.30. The molecule has 1 rings (SSSR count). The second-order valence-corrected chi connectivity index (χ2v) is 3.55. The lowest BCUT2D eigenvalue weighted by molar-refractivity contribution is -0.122. The highest BCUT2D eigenvalue weighted by Crippen LogP contribution is 2.05. The fraction of sp³-hybridized carbons (Fsp3) is 0.600. The van der Waals surface area contributed by atoms with Gasteiger partial charge >= 0.3 is 0 Å². The van der Waals surface area contributed by atoms with Gasteiger partial charge < -0.3 is 5.73 Å². The first-order valence-electron chi connectivity index (χ1n) is 4.84. The van der Waals surface area contributed by atoms with Gasteiger partial charge in [0.05, 0.1) is 0 Å². The van der Waals surface area contributed by atoms with E-state index in [-0.39, 0.29) is 11.7 Å². The first-order chi connectivity index (χ1) is 6.65. The minimum atomic E-state index is -0.0248. The second kappa shape index (κ2) is 4.91. The molecular weight excluding hydrogens is 178 g/mol. The van der Waals surface area contributed by atoms with Crippen LogP contribution in [0.3, 0.4) is 0 Å². The van der Waals surface area contributed by atoms with Crippen LogP contribution >= 0.6 is 0 Å². The van der Waals surface area contributed by atoms with E-state index < -0.39 is 0 Å². The number of hydrogen-bond donors (Lipinski definition) is 1. The van der Waals surface area contributed by atoms with Crippen LogP contribution in [0.15, 0.2) is 12.3 Å². The first kappa shape index (κ1) is 10.9. The van der Waals surface area contributed by atoms with E-state index in [4.69, 9.17) is 5.73 Å². The molecule has 1 heterocycles. The topological polar surface area (TPSA) is 60.9 Å². The molecule has 0 aliphatic carbocycles. The Bertz CT molecular complexity index is 306. The van der Waals surface area contributed by atoms with Gasteiger partial charge in [-0.2, -0.15) is 5.10 Å². The Morgan fingerprint density at radius 2 is 2.43 bits per heavy atom. The van der Waals surface area contributed by atoms with E-state index in [0.29, 0.717) is 13.0 Å². The minimum absolute atomic E-state index is 0.0248. The summed E-state index contributed by atoms with van der Waals surface area (Å²) in [7, 11) is 1.88. The van der Waals surface area contributed by atoms with Gasteiger partial charge in [-0.1, -0.05) is 6.92 Å². The van der Waals surface area contributed by atoms with Crippen molar-refractivity contribution in [3.8, 4) is 0 Å². The second-order valence-electron chi connectivity index (χ2n) is 3.55. The summed E-state index contributed by atoms with van der Waals surface area (Å²) in [4.78, 5) is 11.5. The van der Waals surface area contributed by atoms with Gasteiger partial charge in [0.25, 0.3) is 0 Å². The molecule has 0 spiro atoms. The third-order valence-corrected chi connectivity index (χ3v) is 2.45. The molecule has 0 bridgehead atoms. The predicted molar refractivity (Wildman–Crippen MR) is 54.8 cm³/mol. The minimum Gasteiger partial charge on any atom is -0.330 e. The van der Waals surface area contributed by atoms with Crippen LogP contribution in [-0.4, -0.2) is 22.1 Å². The summed E-state index contributed by atoms with van der Waals surface area (Å²) in [5.74, 6) is 0.205. The molecule has 4 nitrogen and oxygen atoms in total. The van der Waals surface area contributed by atoms with Crippen LogP contribution in [0.2, 0.25) is 0 Å². The Morgan fingerprint density at radius 1 is 1.71 bits per heavy atom. The highest BCUT2D eigenvalue weighted by atomic mass is 16.1. The lowest BCUT2D eigenvalue weighted by Crippen LogP contribution is -2.21. The lowest BCUT2D eigenvalue weighted by Gasteiger charge is -2.06. The number of aryl methyl sites for hydroxylation is 2. The van der Waals surface area contributed by atoms with Crippen molar-refractivity contribution in [2.45, 2.75) is 19.8 Å². The van der Waals surface area contributed by atoms with Crippen LogP contribution < -0.4 is 5.73 Å². The van der Waals surface area contributed by atoms with Gasteiger partial charge in [0, 0.05) is 37.8 Å². The summed E-state index contributed by atoms with van der Waals surface area (Å²) >= 11 is 0. The van der Waals surface area contributed by atoms with Crippen LogP contribution in [0.4, 0.5) is 0 Å². The molecular formula is C10H17N3O. The average molecular weight is 195 g/mol. The molecule has 14 heavy (non-hydrogen) atoms. The van der Waals surface area contributed by atoms with Crippen LogP contribution in [0.1, 0.15) is 19.0 Å². The maximum atomic E-state index is 11.5. The third-order valence-electron chi connectivity index (χ3n) is 2.45. The molecule has 0 radical (unpaired) electrons. The van der Waals surface area contributed by atoms with E-state index >= 15 is 0 Å². The number of Topliss-reactive ketones (excluding diaryl/α,β-unsaturated/α-hetero) is 1. The Morgan fingerprint density at radius 3 is 2.93 bits per heavy atom. The summed E-state index contributed by atoms with van der Waals surface area (Å²) < 4.78 is 1.79. The number of rotatable bonds is 5. The molecule has 0 fully saturated rings.